The van der Waals surface area contributed by atoms with Gasteiger partial charge in [0.15, 0.2) is 0 Å². The van der Waals surface area contributed by atoms with E-state index in [0.29, 0.717) is 30.6 Å². The molecule has 9 nitrogen and oxygen atoms in total. The second kappa shape index (κ2) is 17.8. The number of amides is 3. The van der Waals surface area contributed by atoms with Gasteiger partial charge in [-0.2, -0.15) is 0 Å². The molecule has 0 bridgehead atoms. The lowest BCUT2D eigenvalue weighted by molar-refractivity contribution is -0.136. The number of anilines is 1. The Morgan fingerprint density at radius 3 is 2.19 bits per heavy atom. The van der Waals surface area contributed by atoms with E-state index in [2.05, 4.69) is 76.6 Å². The lowest BCUT2D eigenvalue weighted by Crippen LogP contribution is -2.60. The quantitative estimate of drug-likeness (QED) is 0.0850. The molecule has 4 aliphatic heterocycles. The van der Waals surface area contributed by atoms with Crippen molar-refractivity contribution in [3.05, 3.63) is 125 Å². The minimum Gasteiger partial charge on any atom is -0.508 e. The molecule has 8 rings (SSSR count). The number of piperidine rings is 2. The topological polar surface area (TPSA) is 102 Å². The Labute approximate surface area is 337 Å². The average Bonchev–Trinajstić information content (AvgIpc) is 3.55. The number of phenolic OH excluding ortho intramolecular Hbond substituents is 1. The van der Waals surface area contributed by atoms with E-state index in [-0.39, 0.29) is 29.9 Å². The highest BCUT2D eigenvalue weighted by molar-refractivity contribution is 6.05. The third-order valence-electron chi connectivity index (χ3n) is 12.1. The minimum atomic E-state index is -0.584. The van der Waals surface area contributed by atoms with Crippen LogP contribution < -0.4 is 15.0 Å². The fraction of sp³-hybridized carbons (Fsp3) is 0.396. The second-order valence-electron chi connectivity index (χ2n) is 15.6. The molecule has 3 amide bonds. The van der Waals surface area contributed by atoms with Crippen LogP contribution in [-0.2, 0) is 16.1 Å². The zero-order chi connectivity index (χ0) is 39.9. The molecule has 57 heavy (non-hydrogen) atoms. The Morgan fingerprint density at radius 1 is 0.842 bits per heavy atom. The van der Waals surface area contributed by atoms with Crippen LogP contribution in [-0.4, -0.2) is 78.0 Å². The van der Waals surface area contributed by atoms with E-state index in [9.17, 15) is 19.5 Å². The van der Waals surface area contributed by atoms with Crippen molar-refractivity contribution in [3.63, 3.8) is 0 Å². The molecule has 0 aliphatic carbocycles. The first-order valence-corrected chi connectivity index (χ1v) is 20.9. The van der Waals surface area contributed by atoms with Crippen molar-refractivity contribution in [2.24, 2.45) is 5.41 Å². The van der Waals surface area contributed by atoms with Crippen molar-refractivity contribution in [1.29, 1.82) is 0 Å². The van der Waals surface area contributed by atoms with E-state index in [1.807, 2.05) is 44.2 Å². The first kappa shape index (κ1) is 39.8. The SMILES string of the molecule is CC.CC/C(=C(\c1ccc(O)cc1)c1ccc(OCCCCN2CCC3(CC2)CN(c2ccc4c(c2)CN(C2CCC(=O)NC2=O)C4=O)C3)cc1)c1ccccc1. The van der Waals surface area contributed by atoms with E-state index < -0.39 is 6.04 Å². The Kier molecular flexibility index (Phi) is 12.4. The van der Waals surface area contributed by atoms with Gasteiger partial charge in [0, 0.05) is 42.7 Å². The number of allylic oxidation sites excluding steroid dienone is 1. The van der Waals surface area contributed by atoms with Crippen LogP contribution in [0.25, 0.3) is 11.1 Å². The number of hydrogen-bond donors (Lipinski definition) is 2. The second-order valence-corrected chi connectivity index (χ2v) is 15.6. The summed E-state index contributed by atoms with van der Waals surface area (Å²) in [6.07, 6.45) is 6.03. The summed E-state index contributed by atoms with van der Waals surface area (Å²) in [5, 5.41) is 12.3. The highest BCUT2D eigenvalue weighted by Crippen LogP contribution is 2.44. The number of aromatic hydroxyl groups is 1. The van der Waals surface area contributed by atoms with Gasteiger partial charge in [0.2, 0.25) is 11.8 Å². The molecule has 3 fully saturated rings. The van der Waals surface area contributed by atoms with Crippen LogP contribution in [0.5, 0.6) is 11.5 Å². The lowest BCUT2D eigenvalue weighted by Gasteiger charge is -2.55. The molecule has 4 heterocycles. The van der Waals surface area contributed by atoms with E-state index >= 15 is 0 Å². The highest BCUT2D eigenvalue weighted by Gasteiger charge is 2.45. The van der Waals surface area contributed by atoms with Gasteiger partial charge in [-0.3, -0.25) is 19.7 Å². The van der Waals surface area contributed by atoms with Gasteiger partial charge in [-0.15, -0.1) is 0 Å². The Hall–Kier alpha value is -5.41. The van der Waals surface area contributed by atoms with Crippen LogP contribution in [0, 0.1) is 5.41 Å². The Morgan fingerprint density at radius 2 is 1.53 bits per heavy atom. The summed E-state index contributed by atoms with van der Waals surface area (Å²) in [5.74, 6) is 0.376. The highest BCUT2D eigenvalue weighted by atomic mass is 16.5. The molecular formula is C48H56N4O5. The third-order valence-corrected chi connectivity index (χ3v) is 12.1. The van der Waals surface area contributed by atoms with Crippen molar-refractivity contribution in [2.75, 3.05) is 44.2 Å². The molecule has 1 unspecified atom stereocenters. The molecule has 0 aromatic heterocycles. The van der Waals surface area contributed by atoms with Gasteiger partial charge in [-0.1, -0.05) is 75.4 Å². The number of fused-ring (bicyclic) bond motifs is 1. The maximum absolute atomic E-state index is 13.1. The number of hydrogen-bond acceptors (Lipinski definition) is 7. The van der Waals surface area contributed by atoms with Crippen molar-refractivity contribution in [2.45, 2.75) is 78.3 Å². The van der Waals surface area contributed by atoms with Crippen molar-refractivity contribution < 1.29 is 24.2 Å². The molecule has 4 aromatic rings. The van der Waals surface area contributed by atoms with Gasteiger partial charge in [0.1, 0.15) is 17.5 Å². The largest absolute Gasteiger partial charge is 0.508 e. The lowest BCUT2D eigenvalue weighted by atomic mass is 9.71. The van der Waals surface area contributed by atoms with E-state index in [4.69, 9.17) is 4.74 Å². The summed E-state index contributed by atoms with van der Waals surface area (Å²) in [7, 11) is 0. The number of nitrogens with zero attached hydrogens (tertiary/aromatic N) is 3. The molecule has 4 aliphatic rings. The van der Waals surface area contributed by atoms with Crippen molar-refractivity contribution in [1.82, 2.24) is 15.1 Å². The predicted octanol–water partition coefficient (Wildman–Crippen LogP) is 8.31. The monoisotopic (exact) mass is 768 g/mol. The summed E-state index contributed by atoms with van der Waals surface area (Å²) in [6.45, 7) is 12.7. The minimum absolute atomic E-state index is 0.122. The Bertz CT molecular complexity index is 2060. The van der Waals surface area contributed by atoms with Crippen molar-refractivity contribution in [3.8, 4) is 11.5 Å². The smallest absolute Gasteiger partial charge is 0.255 e. The van der Waals surface area contributed by atoms with Gasteiger partial charge in [0.05, 0.1) is 6.61 Å². The molecule has 4 aromatic carbocycles. The third kappa shape index (κ3) is 8.79. The van der Waals surface area contributed by atoms with Gasteiger partial charge >= 0.3 is 0 Å². The molecule has 1 spiro atoms. The molecule has 9 heteroatoms. The van der Waals surface area contributed by atoms with E-state index in [1.54, 1.807) is 17.0 Å². The summed E-state index contributed by atoms with van der Waals surface area (Å²) in [6, 6.07) is 31.9. The van der Waals surface area contributed by atoms with Crippen molar-refractivity contribution >= 4 is 34.6 Å². The van der Waals surface area contributed by atoms with Crippen LogP contribution in [0.3, 0.4) is 0 Å². The zero-order valence-corrected chi connectivity index (χ0v) is 33.6. The molecule has 298 valence electrons. The van der Waals surface area contributed by atoms with Gasteiger partial charge in [0.25, 0.3) is 5.91 Å². The summed E-state index contributed by atoms with van der Waals surface area (Å²) < 4.78 is 6.19. The molecule has 0 saturated carbocycles. The molecule has 1 atom stereocenters. The maximum Gasteiger partial charge on any atom is 0.255 e. The summed E-state index contributed by atoms with van der Waals surface area (Å²) in [5.41, 5.74) is 8.95. The predicted molar refractivity (Wildman–Crippen MR) is 226 cm³/mol. The van der Waals surface area contributed by atoms with E-state index in [1.165, 1.54) is 29.6 Å². The summed E-state index contributed by atoms with van der Waals surface area (Å²) in [4.78, 5) is 43.8. The number of rotatable bonds is 12. The van der Waals surface area contributed by atoms with E-state index in [0.717, 1.165) is 80.1 Å². The molecule has 2 N–H and O–H groups in total. The summed E-state index contributed by atoms with van der Waals surface area (Å²) >= 11 is 0. The van der Waals surface area contributed by atoms with Gasteiger partial charge < -0.3 is 24.5 Å². The van der Waals surface area contributed by atoms with Gasteiger partial charge in [-0.25, -0.2) is 0 Å². The fourth-order valence-corrected chi connectivity index (χ4v) is 8.92. The number of ether oxygens (including phenoxy) is 1. The number of benzene rings is 4. The molecular weight excluding hydrogens is 713 g/mol. The first-order chi connectivity index (χ1) is 27.8. The number of likely N-dealkylation sites (tertiary alicyclic amines) is 1. The number of carbonyl (C=O) groups excluding carboxylic acids is 3. The molecule has 3 saturated heterocycles. The zero-order valence-electron chi connectivity index (χ0n) is 33.6. The maximum atomic E-state index is 13.1. The number of phenols is 1. The Balaban J connectivity index is 0.00000244. The normalized spacial score (nSPS) is 19.3. The number of carbonyl (C=O) groups is 3. The van der Waals surface area contributed by atoms with Gasteiger partial charge in [-0.05, 0) is 134 Å². The van der Waals surface area contributed by atoms with Crippen LogP contribution >= 0.6 is 0 Å². The fourth-order valence-electron chi connectivity index (χ4n) is 8.92. The van der Waals surface area contributed by atoms with Crippen LogP contribution in [0.4, 0.5) is 5.69 Å². The van der Waals surface area contributed by atoms with Crippen LogP contribution in [0.2, 0.25) is 0 Å². The number of imide groups is 1. The molecule has 0 radical (unpaired) electrons. The first-order valence-electron chi connectivity index (χ1n) is 20.9. The standard InChI is InChI=1S/C46H50N4O5.C2H6/c1-2-39(32-8-4-3-5-9-32)43(33-10-15-37(51)16-11-33)34-12-17-38(18-13-34)55-27-7-6-24-48-25-22-46(23-26-48)30-49(31-46)36-14-19-40-35(28-36)29-50(45(40)54)41-20-21-42(52)47-44(41)53;1-2/h3-5,8-19,28,41,51H,2,6-7,20-27,29-31H2,1H3,(H,47,52,53);1-2H3/b43-39-;. The van der Waals surface area contributed by atoms with Crippen LogP contribution in [0.1, 0.15) is 98.3 Å². The average molecular weight is 769 g/mol. The van der Waals surface area contributed by atoms with Crippen LogP contribution in [0.15, 0.2) is 97.1 Å². The number of nitrogens with one attached hydrogen (secondary N) is 1. The number of unbranched alkanes of at least 4 members (excludes halogenated alkanes) is 1.